The molecule has 0 saturated carbocycles. The van der Waals surface area contributed by atoms with Crippen molar-refractivity contribution in [1.29, 1.82) is 0 Å². The van der Waals surface area contributed by atoms with Crippen LogP contribution >= 0.6 is 0 Å². The Bertz CT molecular complexity index is 693. The maximum absolute atomic E-state index is 12.9. The fraction of sp³-hybridized carbons (Fsp3) is 0.526. The minimum absolute atomic E-state index is 0.233. The van der Waals surface area contributed by atoms with Crippen molar-refractivity contribution in [3.8, 4) is 17.2 Å². The van der Waals surface area contributed by atoms with Crippen molar-refractivity contribution in [2.24, 2.45) is 11.7 Å². The third-order valence-electron chi connectivity index (χ3n) is 4.15. The molecular weight excluding hydrogens is 368 g/mol. The number of carbonyl (C=O) groups is 3. The minimum atomic E-state index is -0.950. The SMILES string of the molecule is COCC(=O)N(CC(=O)c1cc(OC)c(OC)c(OC)c1)C(C(N)=O)C(C)C. The van der Waals surface area contributed by atoms with E-state index in [1.165, 1.54) is 40.6 Å². The molecule has 28 heavy (non-hydrogen) atoms. The van der Waals surface area contributed by atoms with Crippen LogP contribution in [0.5, 0.6) is 17.2 Å². The normalized spacial score (nSPS) is 11.7. The fourth-order valence-electron chi connectivity index (χ4n) is 2.88. The van der Waals surface area contributed by atoms with Gasteiger partial charge < -0.3 is 29.6 Å². The summed E-state index contributed by atoms with van der Waals surface area (Å²) < 4.78 is 20.6. The Kier molecular flexibility index (Phi) is 8.72. The van der Waals surface area contributed by atoms with Gasteiger partial charge in [-0.1, -0.05) is 13.8 Å². The molecule has 1 unspecified atom stereocenters. The zero-order chi connectivity index (χ0) is 21.4. The number of nitrogens with two attached hydrogens (primary N) is 1. The van der Waals surface area contributed by atoms with Gasteiger partial charge in [0.05, 0.1) is 27.9 Å². The van der Waals surface area contributed by atoms with E-state index in [0.717, 1.165) is 4.90 Å². The van der Waals surface area contributed by atoms with Crippen LogP contribution in [0.3, 0.4) is 0 Å². The van der Waals surface area contributed by atoms with E-state index in [0.29, 0.717) is 17.2 Å². The first-order chi connectivity index (χ1) is 13.2. The molecule has 0 heterocycles. The summed E-state index contributed by atoms with van der Waals surface area (Å²) in [6.07, 6.45) is 0. The van der Waals surface area contributed by atoms with Gasteiger partial charge in [0.25, 0.3) is 0 Å². The summed E-state index contributed by atoms with van der Waals surface area (Å²) in [6.45, 7) is 2.85. The molecule has 0 bridgehead atoms. The standard InChI is InChI=1S/C19H28N2O7/c1-11(2)17(19(20)24)21(16(23)10-25-3)9-13(22)12-7-14(26-4)18(28-6)15(8-12)27-5/h7-8,11,17H,9-10H2,1-6H3,(H2,20,24). The molecule has 1 atom stereocenters. The number of hydrogen-bond acceptors (Lipinski definition) is 7. The molecule has 1 aromatic rings. The number of ketones is 1. The van der Waals surface area contributed by atoms with Gasteiger partial charge in [-0.15, -0.1) is 0 Å². The van der Waals surface area contributed by atoms with Crippen molar-refractivity contribution in [1.82, 2.24) is 4.90 Å². The number of carbonyl (C=O) groups excluding carboxylic acids is 3. The van der Waals surface area contributed by atoms with Gasteiger partial charge in [-0.3, -0.25) is 14.4 Å². The van der Waals surface area contributed by atoms with E-state index in [4.69, 9.17) is 24.7 Å². The highest BCUT2D eigenvalue weighted by Crippen LogP contribution is 2.38. The molecule has 0 fully saturated rings. The molecule has 1 aromatic carbocycles. The van der Waals surface area contributed by atoms with Crippen LogP contribution in [0.2, 0.25) is 0 Å². The van der Waals surface area contributed by atoms with Crippen LogP contribution < -0.4 is 19.9 Å². The van der Waals surface area contributed by atoms with E-state index in [1.54, 1.807) is 13.8 Å². The van der Waals surface area contributed by atoms with Crippen molar-refractivity contribution in [3.05, 3.63) is 17.7 Å². The Morgan fingerprint density at radius 2 is 1.54 bits per heavy atom. The number of ether oxygens (including phenoxy) is 4. The number of methoxy groups -OCH3 is 4. The van der Waals surface area contributed by atoms with Crippen LogP contribution in [0, 0.1) is 5.92 Å². The van der Waals surface area contributed by atoms with Crippen molar-refractivity contribution in [3.63, 3.8) is 0 Å². The number of amides is 2. The molecule has 0 saturated heterocycles. The summed E-state index contributed by atoms with van der Waals surface area (Å²) in [5, 5.41) is 0. The molecule has 0 spiro atoms. The molecule has 0 aliphatic rings. The Hall–Kier alpha value is -2.81. The number of primary amides is 1. The molecule has 0 radical (unpaired) electrons. The zero-order valence-corrected chi connectivity index (χ0v) is 17.1. The molecule has 0 aromatic heterocycles. The van der Waals surface area contributed by atoms with Crippen LogP contribution in [0.1, 0.15) is 24.2 Å². The Balaban J connectivity index is 3.31. The monoisotopic (exact) mass is 396 g/mol. The van der Waals surface area contributed by atoms with E-state index in [1.807, 2.05) is 0 Å². The van der Waals surface area contributed by atoms with Crippen LogP contribution in [0.25, 0.3) is 0 Å². The van der Waals surface area contributed by atoms with Gasteiger partial charge in [-0.05, 0) is 18.1 Å². The molecule has 1 rings (SSSR count). The van der Waals surface area contributed by atoms with Crippen LogP contribution in [0.4, 0.5) is 0 Å². The number of rotatable bonds is 11. The molecule has 0 aliphatic carbocycles. The molecule has 0 aliphatic heterocycles. The highest BCUT2D eigenvalue weighted by molar-refractivity contribution is 6.01. The first kappa shape index (κ1) is 23.2. The summed E-state index contributed by atoms with van der Waals surface area (Å²) in [6, 6.07) is 2.02. The lowest BCUT2D eigenvalue weighted by Crippen LogP contribution is -2.53. The maximum atomic E-state index is 12.9. The van der Waals surface area contributed by atoms with Crippen molar-refractivity contribution >= 4 is 17.6 Å². The van der Waals surface area contributed by atoms with Crippen LogP contribution in [-0.2, 0) is 14.3 Å². The van der Waals surface area contributed by atoms with E-state index in [9.17, 15) is 14.4 Å². The second-order valence-corrected chi connectivity index (χ2v) is 6.38. The van der Waals surface area contributed by atoms with E-state index in [-0.39, 0.29) is 24.6 Å². The molecule has 9 heteroatoms. The lowest BCUT2D eigenvalue weighted by atomic mass is 10.00. The average Bonchev–Trinajstić information content (AvgIpc) is 2.65. The van der Waals surface area contributed by atoms with E-state index >= 15 is 0 Å². The molecular formula is C19H28N2O7. The zero-order valence-electron chi connectivity index (χ0n) is 17.1. The predicted molar refractivity (Wildman–Crippen MR) is 102 cm³/mol. The van der Waals surface area contributed by atoms with Gasteiger partial charge in [0.2, 0.25) is 17.6 Å². The third kappa shape index (κ3) is 5.35. The highest BCUT2D eigenvalue weighted by atomic mass is 16.5. The number of hydrogen-bond donors (Lipinski definition) is 1. The number of Topliss-reactive ketones (excluding diaryl/α,β-unsaturated/α-hetero) is 1. The van der Waals surface area contributed by atoms with Gasteiger partial charge in [-0.2, -0.15) is 0 Å². The van der Waals surface area contributed by atoms with Crippen molar-refractivity contribution < 1.29 is 33.3 Å². The van der Waals surface area contributed by atoms with E-state index in [2.05, 4.69) is 0 Å². The summed E-state index contributed by atoms with van der Waals surface area (Å²) >= 11 is 0. The maximum Gasteiger partial charge on any atom is 0.249 e. The van der Waals surface area contributed by atoms with Crippen molar-refractivity contribution in [2.45, 2.75) is 19.9 Å². The average molecular weight is 396 g/mol. The van der Waals surface area contributed by atoms with Gasteiger partial charge in [0.15, 0.2) is 17.3 Å². The van der Waals surface area contributed by atoms with Gasteiger partial charge in [-0.25, -0.2) is 0 Å². The largest absolute Gasteiger partial charge is 0.493 e. The second-order valence-electron chi connectivity index (χ2n) is 6.38. The van der Waals surface area contributed by atoms with Crippen LogP contribution in [-0.4, -0.2) is 70.1 Å². The molecule has 2 N–H and O–H groups in total. The van der Waals surface area contributed by atoms with Gasteiger partial charge in [0.1, 0.15) is 12.6 Å². The smallest absolute Gasteiger partial charge is 0.249 e. The van der Waals surface area contributed by atoms with Gasteiger partial charge >= 0.3 is 0 Å². The summed E-state index contributed by atoms with van der Waals surface area (Å²) in [4.78, 5) is 38.4. The highest BCUT2D eigenvalue weighted by Gasteiger charge is 2.32. The Labute approximate surface area is 164 Å². The van der Waals surface area contributed by atoms with Crippen molar-refractivity contribution in [2.75, 3.05) is 41.6 Å². The Morgan fingerprint density at radius 1 is 1.00 bits per heavy atom. The number of benzene rings is 1. The fourth-order valence-corrected chi connectivity index (χ4v) is 2.88. The molecule has 156 valence electrons. The first-order valence-electron chi connectivity index (χ1n) is 8.62. The first-order valence-corrected chi connectivity index (χ1v) is 8.62. The van der Waals surface area contributed by atoms with Gasteiger partial charge in [0, 0.05) is 12.7 Å². The lowest BCUT2D eigenvalue weighted by Gasteiger charge is -2.31. The molecule has 9 nitrogen and oxygen atoms in total. The Morgan fingerprint density at radius 3 is 1.89 bits per heavy atom. The van der Waals surface area contributed by atoms with E-state index < -0.39 is 23.6 Å². The quantitative estimate of drug-likeness (QED) is 0.552. The lowest BCUT2D eigenvalue weighted by molar-refractivity contribution is -0.143. The van der Waals surface area contributed by atoms with Crippen LogP contribution in [0.15, 0.2) is 12.1 Å². The molecule has 2 amide bonds. The second kappa shape index (κ2) is 10.5. The number of nitrogens with zero attached hydrogens (tertiary/aromatic N) is 1. The predicted octanol–water partition coefficient (Wildman–Crippen LogP) is 0.880. The third-order valence-corrected chi connectivity index (χ3v) is 4.15. The minimum Gasteiger partial charge on any atom is -0.493 e. The summed E-state index contributed by atoms with van der Waals surface area (Å²) in [7, 11) is 5.67. The topological polar surface area (TPSA) is 117 Å². The summed E-state index contributed by atoms with van der Waals surface area (Å²) in [5.41, 5.74) is 5.71. The summed E-state index contributed by atoms with van der Waals surface area (Å²) in [5.74, 6) is -0.976.